The van der Waals surface area contributed by atoms with Gasteiger partial charge in [0.25, 0.3) is 0 Å². The molecule has 152 valence electrons. The van der Waals surface area contributed by atoms with Crippen molar-refractivity contribution in [2.24, 2.45) is 4.99 Å². The van der Waals surface area contributed by atoms with Gasteiger partial charge in [0.05, 0.1) is 11.5 Å². The van der Waals surface area contributed by atoms with Crippen LogP contribution in [-0.4, -0.2) is 58.7 Å². The molecule has 2 N–H and O–H groups in total. The number of nitrogens with zero attached hydrogens (tertiary/aromatic N) is 1. The first-order valence-electron chi connectivity index (χ1n) is 8.94. The molecule has 1 aromatic rings. The van der Waals surface area contributed by atoms with Crippen molar-refractivity contribution in [3.8, 4) is 0 Å². The summed E-state index contributed by atoms with van der Waals surface area (Å²) < 4.78 is 42.1. The molecule has 1 unspecified atom stereocenters. The SMILES string of the molecule is CN=C(NCC1(c2ccc(F)cc2)CCOCC1)NC1CCS(=O)(=O)C1.I. The highest BCUT2D eigenvalue weighted by Crippen LogP contribution is 2.34. The maximum Gasteiger partial charge on any atom is 0.191 e. The fourth-order valence-electron chi connectivity index (χ4n) is 3.68. The first-order chi connectivity index (χ1) is 12.4. The Morgan fingerprint density at radius 2 is 1.96 bits per heavy atom. The quantitative estimate of drug-likeness (QED) is 0.367. The summed E-state index contributed by atoms with van der Waals surface area (Å²) in [6.07, 6.45) is 2.26. The molecule has 0 radical (unpaired) electrons. The lowest BCUT2D eigenvalue weighted by molar-refractivity contribution is 0.0513. The molecule has 2 saturated heterocycles. The average molecular weight is 511 g/mol. The Balaban J connectivity index is 0.00000261. The Morgan fingerprint density at radius 3 is 2.52 bits per heavy atom. The highest BCUT2D eigenvalue weighted by atomic mass is 127. The largest absolute Gasteiger partial charge is 0.381 e. The number of nitrogens with one attached hydrogen (secondary N) is 2. The molecule has 0 spiro atoms. The summed E-state index contributed by atoms with van der Waals surface area (Å²) in [5.41, 5.74) is 0.916. The Morgan fingerprint density at radius 1 is 1.30 bits per heavy atom. The van der Waals surface area contributed by atoms with Crippen LogP contribution in [0.15, 0.2) is 29.3 Å². The van der Waals surface area contributed by atoms with Crippen LogP contribution in [0.4, 0.5) is 4.39 Å². The first-order valence-corrected chi connectivity index (χ1v) is 10.8. The van der Waals surface area contributed by atoms with E-state index in [2.05, 4.69) is 15.6 Å². The zero-order chi connectivity index (χ0) is 18.6. The Bertz CT molecular complexity index is 750. The molecule has 9 heteroatoms. The highest BCUT2D eigenvalue weighted by molar-refractivity contribution is 14.0. The second kappa shape index (κ2) is 9.51. The van der Waals surface area contributed by atoms with Crippen LogP contribution in [0, 0.1) is 5.82 Å². The molecule has 0 aromatic heterocycles. The van der Waals surface area contributed by atoms with Gasteiger partial charge in [-0.3, -0.25) is 4.99 Å². The van der Waals surface area contributed by atoms with Gasteiger partial charge in [-0.1, -0.05) is 12.1 Å². The molecule has 0 saturated carbocycles. The van der Waals surface area contributed by atoms with E-state index >= 15 is 0 Å². The number of guanidine groups is 1. The lowest BCUT2D eigenvalue weighted by Crippen LogP contribution is -2.50. The van der Waals surface area contributed by atoms with Crippen LogP contribution in [0.3, 0.4) is 0 Å². The molecule has 1 aromatic carbocycles. The molecule has 6 nitrogen and oxygen atoms in total. The second-order valence-corrected chi connectivity index (χ2v) is 9.30. The molecule has 2 aliphatic heterocycles. The van der Waals surface area contributed by atoms with Gasteiger partial charge in [0.1, 0.15) is 5.82 Å². The van der Waals surface area contributed by atoms with Crippen molar-refractivity contribution in [1.82, 2.24) is 10.6 Å². The van der Waals surface area contributed by atoms with Crippen molar-refractivity contribution in [2.75, 3.05) is 38.3 Å². The van der Waals surface area contributed by atoms with Crippen LogP contribution < -0.4 is 10.6 Å². The number of hydrogen-bond acceptors (Lipinski definition) is 4. The van der Waals surface area contributed by atoms with E-state index in [4.69, 9.17) is 4.74 Å². The standard InChI is InChI=1S/C18H26FN3O3S.HI/c1-20-17(22-16-6-11-26(23,24)12-16)21-13-18(7-9-25-10-8-18)14-2-4-15(19)5-3-14;/h2-5,16H,6-13H2,1H3,(H2,20,21,22);1H. The first kappa shape index (κ1) is 22.4. The number of benzene rings is 1. The maximum atomic E-state index is 13.3. The predicted molar refractivity (Wildman–Crippen MR) is 115 cm³/mol. The van der Waals surface area contributed by atoms with E-state index in [9.17, 15) is 12.8 Å². The second-order valence-electron chi connectivity index (χ2n) is 7.07. The summed E-state index contributed by atoms with van der Waals surface area (Å²) in [7, 11) is -1.27. The fraction of sp³-hybridized carbons (Fsp3) is 0.611. The van der Waals surface area contributed by atoms with E-state index < -0.39 is 9.84 Å². The minimum absolute atomic E-state index is 0. The Kier molecular flexibility index (Phi) is 7.87. The number of aliphatic imine (C=N–C) groups is 1. The van der Waals surface area contributed by atoms with Gasteiger partial charge >= 0.3 is 0 Å². The van der Waals surface area contributed by atoms with Crippen molar-refractivity contribution in [2.45, 2.75) is 30.7 Å². The third-order valence-corrected chi connectivity index (χ3v) is 7.07. The molecule has 0 amide bonds. The summed E-state index contributed by atoms with van der Waals surface area (Å²) >= 11 is 0. The van der Waals surface area contributed by atoms with Crippen LogP contribution >= 0.6 is 24.0 Å². The van der Waals surface area contributed by atoms with E-state index in [0.717, 1.165) is 18.4 Å². The van der Waals surface area contributed by atoms with Crippen LogP contribution in [0.25, 0.3) is 0 Å². The Hall–Kier alpha value is -0.940. The van der Waals surface area contributed by atoms with Crippen LogP contribution in [0.5, 0.6) is 0 Å². The van der Waals surface area contributed by atoms with Gasteiger partial charge in [0.15, 0.2) is 15.8 Å². The lowest BCUT2D eigenvalue weighted by Gasteiger charge is -2.38. The smallest absolute Gasteiger partial charge is 0.191 e. The average Bonchev–Trinajstić information content (AvgIpc) is 2.98. The molecular weight excluding hydrogens is 484 g/mol. The number of ether oxygens (including phenoxy) is 1. The minimum Gasteiger partial charge on any atom is -0.381 e. The molecule has 2 aliphatic rings. The highest BCUT2D eigenvalue weighted by Gasteiger charge is 2.35. The van der Waals surface area contributed by atoms with Crippen LogP contribution in [0.2, 0.25) is 0 Å². The lowest BCUT2D eigenvalue weighted by atomic mass is 9.74. The number of hydrogen-bond donors (Lipinski definition) is 2. The van der Waals surface area contributed by atoms with Gasteiger partial charge < -0.3 is 15.4 Å². The topological polar surface area (TPSA) is 79.8 Å². The monoisotopic (exact) mass is 511 g/mol. The Labute approximate surface area is 177 Å². The van der Waals surface area contributed by atoms with Gasteiger partial charge in [0.2, 0.25) is 0 Å². The van der Waals surface area contributed by atoms with Gasteiger partial charge in [-0.2, -0.15) is 0 Å². The van der Waals surface area contributed by atoms with Gasteiger partial charge in [-0.05, 0) is 37.0 Å². The normalized spacial score (nSPS) is 24.1. The van der Waals surface area contributed by atoms with Gasteiger partial charge in [-0.25, -0.2) is 12.8 Å². The van der Waals surface area contributed by atoms with Gasteiger partial charge in [0, 0.05) is 38.3 Å². The number of rotatable bonds is 4. The van der Waals surface area contributed by atoms with Crippen molar-refractivity contribution in [3.63, 3.8) is 0 Å². The van der Waals surface area contributed by atoms with E-state index in [1.165, 1.54) is 12.1 Å². The minimum atomic E-state index is -2.94. The maximum absolute atomic E-state index is 13.3. The zero-order valence-electron chi connectivity index (χ0n) is 15.4. The molecule has 1 atom stereocenters. The molecule has 0 aliphatic carbocycles. The summed E-state index contributed by atoms with van der Waals surface area (Å²) in [6, 6.07) is 6.54. The fourth-order valence-corrected chi connectivity index (χ4v) is 5.36. The summed E-state index contributed by atoms with van der Waals surface area (Å²) in [4.78, 5) is 4.23. The summed E-state index contributed by atoms with van der Waals surface area (Å²) in [6.45, 7) is 1.94. The molecule has 0 bridgehead atoms. The van der Waals surface area contributed by atoms with Crippen molar-refractivity contribution in [1.29, 1.82) is 0 Å². The number of halogens is 2. The summed E-state index contributed by atoms with van der Waals surface area (Å²) in [5, 5.41) is 6.55. The molecule has 2 heterocycles. The molecule has 2 fully saturated rings. The molecule has 3 rings (SSSR count). The predicted octanol–water partition coefficient (Wildman–Crippen LogP) is 1.84. The zero-order valence-corrected chi connectivity index (χ0v) is 18.6. The van der Waals surface area contributed by atoms with E-state index in [0.29, 0.717) is 32.1 Å². The van der Waals surface area contributed by atoms with Crippen LogP contribution in [-0.2, 0) is 20.0 Å². The summed E-state index contributed by atoms with van der Waals surface area (Å²) in [5.74, 6) is 0.715. The number of sulfone groups is 1. The molecule has 27 heavy (non-hydrogen) atoms. The van der Waals surface area contributed by atoms with Crippen molar-refractivity contribution < 1.29 is 17.5 Å². The third kappa shape index (κ3) is 5.77. The molecular formula is C18H27FIN3O3S. The van der Waals surface area contributed by atoms with Crippen molar-refractivity contribution in [3.05, 3.63) is 35.6 Å². The van der Waals surface area contributed by atoms with E-state index in [1.807, 2.05) is 12.1 Å². The van der Waals surface area contributed by atoms with Crippen LogP contribution in [0.1, 0.15) is 24.8 Å². The third-order valence-electron chi connectivity index (χ3n) is 5.30. The van der Waals surface area contributed by atoms with Gasteiger partial charge in [-0.15, -0.1) is 24.0 Å². The van der Waals surface area contributed by atoms with E-state index in [-0.39, 0.29) is 52.8 Å². The van der Waals surface area contributed by atoms with E-state index in [1.54, 1.807) is 7.05 Å². The van der Waals surface area contributed by atoms with Crippen molar-refractivity contribution >= 4 is 39.8 Å².